The van der Waals surface area contributed by atoms with Crippen LogP contribution >= 0.6 is 0 Å². The van der Waals surface area contributed by atoms with Crippen molar-refractivity contribution >= 4 is 0 Å². The molecule has 0 spiro atoms. The van der Waals surface area contributed by atoms with Crippen molar-refractivity contribution in [1.29, 1.82) is 0 Å². The van der Waals surface area contributed by atoms with Crippen LogP contribution in [0.15, 0.2) is 18.2 Å². The van der Waals surface area contributed by atoms with Crippen molar-refractivity contribution in [3.63, 3.8) is 0 Å². The second-order valence-corrected chi connectivity index (χ2v) is 6.38. The largest absolute Gasteiger partial charge is 0.392 e. The maximum Gasteiger partial charge on any atom is 0.392 e. The zero-order valence-corrected chi connectivity index (χ0v) is 12.7. The van der Waals surface area contributed by atoms with Crippen LogP contribution in [0.25, 0.3) is 0 Å². The molecule has 1 aromatic rings. The van der Waals surface area contributed by atoms with E-state index in [9.17, 15) is 13.2 Å². The third kappa shape index (κ3) is 4.00. The number of aryl methyl sites for hydroxylation is 2. The molecule has 0 aliphatic heterocycles. The van der Waals surface area contributed by atoms with Crippen LogP contribution in [-0.2, 0) is 6.42 Å². The van der Waals surface area contributed by atoms with Crippen LogP contribution in [0.2, 0.25) is 0 Å². The van der Waals surface area contributed by atoms with Gasteiger partial charge in [0.25, 0.3) is 0 Å². The van der Waals surface area contributed by atoms with Gasteiger partial charge in [-0.05, 0) is 55.7 Å². The maximum absolute atomic E-state index is 13.2. The minimum Gasteiger partial charge on any atom is -0.327 e. The van der Waals surface area contributed by atoms with Gasteiger partial charge in [-0.15, -0.1) is 0 Å². The normalized spacial score (nSPS) is 24.9. The fourth-order valence-electron chi connectivity index (χ4n) is 3.43. The molecule has 0 radical (unpaired) electrons. The number of halogens is 3. The summed E-state index contributed by atoms with van der Waals surface area (Å²) in [5.41, 5.74) is 9.55. The quantitative estimate of drug-likeness (QED) is 0.871. The second-order valence-electron chi connectivity index (χ2n) is 6.38. The molecule has 4 heteroatoms. The lowest BCUT2D eigenvalue weighted by molar-refractivity contribution is -0.198. The number of rotatable bonds is 3. The first-order valence-electron chi connectivity index (χ1n) is 7.67. The van der Waals surface area contributed by atoms with E-state index in [1.54, 1.807) is 0 Å². The van der Waals surface area contributed by atoms with Gasteiger partial charge >= 0.3 is 6.18 Å². The summed E-state index contributed by atoms with van der Waals surface area (Å²) >= 11 is 0. The van der Waals surface area contributed by atoms with Gasteiger partial charge in [-0.1, -0.05) is 31.0 Å². The lowest BCUT2D eigenvalue weighted by atomic mass is 9.73. The van der Waals surface area contributed by atoms with E-state index < -0.39 is 24.1 Å². The van der Waals surface area contributed by atoms with E-state index in [4.69, 9.17) is 5.73 Å². The van der Waals surface area contributed by atoms with Crippen LogP contribution in [0.1, 0.15) is 42.4 Å². The predicted molar refractivity (Wildman–Crippen MR) is 79.1 cm³/mol. The molecule has 1 aliphatic carbocycles. The predicted octanol–water partition coefficient (Wildman–Crippen LogP) is 4.54. The van der Waals surface area contributed by atoms with Crippen molar-refractivity contribution in [1.82, 2.24) is 0 Å². The molecule has 1 aliphatic rings. The summed E-state index contributed by atoms with van der Waals surface area (Å²) in [6.45, 7) is 4.04. The average molecular weight is 299 g/mol. The van der Waals surface area contributed by atoms with Gasteiger partial charge in [-0.2, -0.15) is 13.2 Å². The van der Waals surface area contributed by atoms with Gasteiger partial charge in [0.2, 0.25) is 0 Å². The molecule has 3 unspecified atom stereocenters. The number of hydrogen-bond donors (Lipinski definition) is 1. The average Bonchev–Trinajstić information content (AvgIpc) is 2.42. The molecule has 0 heterocycles. The molecule has 0 saturated heterocycles. The Morgan fingerprint density at radius 2 is 1.81 bits per heavy atom. The second kappa shape index (κ2) is 6.39. The SMILES string of the molecule is Cc1ccc(CC(N)C2CCCCC2C(F)(F)F)cc1C. The Balaban J connectivity index is 2.10. The summed E-state index contributed by atoms with van der Waals surface area (Å²) in [4.78, 5) is 0. The molecule has 2 rings (SSSR count). The minimum atomic E-state index is -4.12. The van der Waals surface area contributed by atoms with E-state index in [1.807, 2.05) is 32.0 Å². The standard InChI is InChI=1S/C17H24F3N/c1-11-7-8-13(9-12(11)2)10-16(21)14-5-3-4-6-15(14)17(18,19)20/h7-9,14-16H,3-6,10,21H2,1-2H3. The molecular formula is C17H24F3N. The number of hydrogen-bond acceptors (Lipinski definition) is 1. The highest BCUT2D eigenvalue weighted by molar-refractivity contribution is 5.30. The van der Waals surface area contributed by atoms with Crippen LogP contribution < -0.4 is 5.73 Å². The monoisotopic (exact) mass is 299 g/mol. The molecule has 1 nitrogen and oxygen atoms in total. The Kier molecular flexibility index (Phi) is 4.97. The fourth-order valence-corrected chi connectivity index (χ4v) is 3.43. The molecule has 1 fully saturated rings. The summed E-state index contributed by atoms with van der Waals surface area (Å²) in [5.74, 6) is -1.67. The summed E-state index contributed by atoms with van der Waals surface area (Å²) in [6.07, 6.45) is -1.25. The van der Waals surface area contributed by atoms with E-state index >= 15 is 0 Å². The molecule has 0 amide bonds. The highest BCUT2D eigenvalue weighted by Gasteiger charge is 2.47. The molecule has 118 valence electrons. The first kappa shape index (κ1) is 16.3. The van der Waals surface area contributed by atoms with Gasteiger partial charge in [0, 0.05) is 6.04 Å². The Hall–Kier alpha value is -1.03. The smallest absolute Gasteiger partial charge is 0.327 e. The number of nitrogens with two attached hydrogens (primary N) is 1. The highest BCUT2D eigenvalue weighted by Crippen LogP contribution is 2.42. The van der Waals surface area contributed by atoms with E-state index in [1.165, 1.54) is 5.56 Å². The number of alkyl halides is 3. The van der Waals surface area contributed by atoms with Crippen molar-refractivity contribution in [3.8, 4) is 0 Å². The lowest BCUT2D eigenvalue weighted by Gasteiger charge is -2.36. The molecule has 3 atom stereocenters. The minimum absolute atomic E-state index is 0.231. The molecular weight excluding hydrogens is 275 g/mol. The number of benzene rings is 1. The van der Waals surface area contributed by atoms with Crippen LogP contribution in [0.3, 0.4) is 0 Å². The van der Waals surface area contributed by atoms with E-state index in [-0.39, 0.29) is 6.42 Å². The zero-order chi connectivity index (χ0) is 15.6. The first-order chi connectivity index (χ1) is 9.79. The summed E-state index contributed by atoms with van der Waals surface area (Å²) < 4.78 is 39.5. The van der Waals surface area contributed by atoms with Crippen molar-refractivity contribution in [2.45, 2.75) is 58.2 Å². The third-order valence-corrected chi connectivity index (χ3v) is 4.83. The molecule has 0 aromatic heterocycles. The Morgan fingerprint density at radius 3 is 2.43 bits per heavy atom. The van der Waals surface area contributed by atoms with Crippen molar-refractivity contribution in [3.05, 3.63) is 34.9 Å². The van der Waals surface area contributed by atoms with E-state index in [2.05, 4.69) is 0 Å². The Morgan fingerprint density at radius 1 is 1.14 bits per heavy atom. The van der Waals surface area contributed by atoms with Crippen molar-refractivity contribution in [2.75, 3.05) is 0 Å². The molecule has 2 N–H and O–H groups in total. The van der Waals surface area contributed by atoms with Crippen molar-refractivity contribution in [2.24, 2.45) is 17.6 Å². The molecule has 21 heavy (non-hydrogen) atoms. The maximum atomic E-state index is 13.2. The lowest BCUT2D eigenvalue weighted by Crippen LogP contribution is -2.44. The van der Waals surface area contributed by atoms with E-state index in [0.717, 1.165) is 17.5 Å². The Labute approximate surface area is 124 Å². The highest BCUT2D eigenvalue weighted by atomic mass is 19.4. The van der Waals surface area contributed by atoms with Gasteiger partial charge in [0.05, 0.1) is 5.92 Å². The van der Waals surface area contributed by atoms with E-state index in [0.29, 0.717) is 19.3 Å². The van der Waals surface area contributed by atoms with Crippen LogP contribution in [0.5, 0.6) is 0 Å². The van der Waals surface area contributed by atoms with Crippen LogP contribution in [0.4, 0.5) is 13.2 Å². The summed E-state index contributed by atoms with van der Waals surface area (Å²) in [7, 11) is 0. The third-order valence-electron chi connectivity index (χ3n) is 4.83. The Bertz CT molecular complexity index is 481. The fraction of sp³-hybridized carbons (Fsp3) is 0.647. The molecule has 0 bridgehead atoms. The van der Waals surface area contributed by atoms with Gasteiger partial charge in [0.15, 0.2) is 0 Å². The van der Waals surface area contributed by atoms with Gasteiger partial charge in [-0.25, -0.2) is 0 Å². The summed E-state index contributed by atoms with van der Waals surface area (Å²) in [6, 6.07) is 5.62. The molecule has 1 saturated carbocycles. The first-order valence-corrected chi connectivity index (χ1v) is 7.67. The van der Waals surface area contributed by atoms with Crippen molar-refractivity contribution < 1.29 is 13.2 Å². The van der Waals surface area contributed by atoms with Gasteiger partial charge in [-0.3, -0.25) is 0 Å². The summed E-state index contributed by atoms with van der Waals surface area (Å²) in [5, 5.41) is 0. The van der Waals surface area contributed by atoms with Crippen LogP contribution in [0, 0.1) is 25.7 Å². The topological polar surface area (TPSA) is 26.0 Å². The van der Waals surface area contributed by atoms with Gasteiger partial charge < -0.3 is 5.73 Å². The zero-order valence-electron chi connectivity index (χ0n) is 12.7. The van der Waals surface area contributed by atoms with Gasteiger partial charge in [0.1, 0.15) is 0 Å². The molecule has 1 aromatic carbocycles. The van der Waals surface area contributed by atoms with Crippen LogP contribution in [-0.4, -0.2) is 12.2 Å².